The van der Waals surface area contributed by atoms with E-state index in [0.717, 1.165) is 5.92 Å². The fraction of sp³-hybridized carbons (Fsp3) is 1.00. The zero-order valence-electron chi connectivity index (χ0n) is 11.8. The van der Waals surface area contributed by atoms with Crippen molar-refractivity contribution < 1.29 is 0 Å². The third kappa shape index (κ3) is 4.42. The number of nitrogens with one attached hydrogen (secondary N) is 1. The summed E-state index contributed by atoms with van der Waals surface area (Å²) in [6.07, 6.45) is 4.13. The van der Waals surface area contributed by atoms with E-state index >= 15 is 0 Å². The minimum absolute atomic E-state index is 0.393. The standard InChI is InChI=1S/C14H30N2/c1-12(14(2,3)4)16(5)10-6-7-13-8-9-15-11-13/h12-13,15H,6-11H2,1-5H3. The van der Waals surface area contributed by atoms with Crippen LogP contribution in [0.4, 0.5) is 0 Å². The Morgan fingerprint density at radius 3 is 2.56 bits per heavy atom. The average Bonchev–Trinajstić information content (AvgIpc) is 2.67. The molecule has 1 saturated heterocycles. The molecule has 1 aliphatic rings. The number of hydrogen-bond donors (Lipinski definition) is 1. The zero-order chi connectivity index (χ0) is 12.2. The molecule has 1 heterocycles. The van der Waals surface area contributed by atoms with Crippen molar-refractivity contribution in [2.24, 2.45) is 11.3 Å². The fourth-order valence-electron chi connectivity index (χ4n) is 2.45. The summed E-state index contributed by atoms with van der Waals surface area (Å²) in [7, 11) is 2.27. The molecule has 0 spiro atoms. The van der Waals surface area contributed by atoms with E-state index in [1.807, 2.05) is 0 Å². The molecule has 96 valence electrons. The molecule has 1 N–H and O–H groups in total. The molecule has 1 rings (SSSR count). The van der Waals surface area contributed by atoms with Crippen molar-refractivity contribution >= 4 is 0 Å². The van der Waals surface area contributed by atoms with E-state index in [4.69, 9.17) is 0 Å². The van der Waals surface area contributed by atoms with Gasteiger partial charge in [-0.05, 0) is 64.2 Å². The summed E-state index contributed by atoms with van der Waals surface area (Å²) >= 11 is 0. The van der Waals surface area contributed by atoms with E-state index < -0.39 is 0 Å². The molecule has 0 radical (unpaired) electrons. The molecule has 0 saturated carbocycles. The number of hydrogen-bond acceptors (Lipinski definition) is 2. The van der Waals surface area contributed by atoms with Crippen molar-refractivity contribution in [1.82, 2.24) is 10.2 Å². The molecule has 16 heavy (non-hydrogen) atoms. The molecule has 2 atom stereocenters. The molecule has 1 fully saturated rings. The third-order valence-corrected chi connectivity index (χ3v) is 4.20. The second-order valence-electron chi connectivity index (χ2n) is 6.52. The van der Waals surface area contributed by atoms with Crippen LogP contribution in [0.3, 0.4) is 0 Å². The first kappa shape index (κ1) is 14.0. The van der Waals surface area contributed by atoms with Crippen LogP contribution in [0.15, 0.2) is 0 Å². The molecular formula is C14H30N2. The van der Waals surface area contributed by atoms with Crippen molar-refractivity contribution in [2.45, 2.75) is 53.0 Å². The number of nitrogens with zero attached hydrogens (tertiary/aromatic N) is 1. The predicted octanol–water partition coefficient (Wildman–Crippen LogP) is 2.74. The van der Waals surface area contributed by atoms with E-state index in [9.17, 15) is 0 Å². The minimum atomic E-state index is 0.393. The van der Waals surface area contributed by atoms with Crippen LogP contribution in [0, 0.1) is 11.3 Å². The van der Waals surface area contributed by atoms with Crippen LogP contribution in [0.5, 0.6) is 0 Å². The van der Waals surface area contributed by atoms with Crippen LogP contribution >= 0.6 is 0 Å². The lowest BCUT2D eigenvalue weighted by molar-refractivity contribution is 0.137. The molecule has 2 unspecified atom stereocenters. The summed E-state index contributed by atoms with van der Waals surface area (Å²) in [5.74, 6) is 0.943. The summed E-state index contributed by atoms with van der Waals surface area (Å²) in [5.41, 5.74) is 0.393. The van der Waals surface area contributed by atoms with Gasteiger partial charge in [0.2, 0.25) is 0 Å². The Bertz CT molecular complexity index is 189. The second-order valence-corrected chi connectivity index (χ2v) is 6.52. The molecule has 1 aliphatic heterocycles. The lowest BCUT2D eigenvalue weighted by atomic mass is 9.87. The van der Waals surface area contributed by atoms with E-state index in [1.165, 1.54) is 38.9 Å². The normalized spacial score (nSPS) is 24.0. The van der Waals surface area contributed by atoms with Crippen LogP contribution in [0.1, 0.15) is 47.0 Å². The topological polar surface area (TPSA) is 15.3 Å². The van der Waals surface area contributed by atoms with Gasteiger partial charge < -0.3 is 10.2 Å². The van der Waals surface area contributed by atoms with Gasteiger partial charge in [-0.2, -0.15) is 0 Å². The Hall–Kier alpha value is -0.0800. The maximum atomic E-state index is 3.44. The van der Waals surface area contributed by atoms with E-state index in [1.54, 1.807) is 0 Å². The Morgan fingerprint density at radius 2 is 2.06 bits per heavy atom. The second kappa shape index (κ2) is 6.02. The monoisotopic (exact) mass is 226 g/mol. The number of rotatable bonds is 5. The quantitative estimate of drug-likeness (QED) is 0.775. The van der Waals surface area contributed by atoms with Crippen molar-refractivity contribution in [3.05, 3.63) is 0 Å². The third-order valence-electron chi connectivity index (χ3n) is 4.20. The van der Waals surface area contributed by atoms with Crippen molar-refractivity contribution in [3.63, 3.8) is 0 Å². The molecule has 0 aromatic heterocycles. The SMILES string of the molecule is CC(N(C)CCCC1CCNC1)C(C)(C)C. The van der Waals surface area contributed by atoms with Gasteiger partial charge in [-0.1, -0.05) is 20.8 Å². The highest BCUT2D eigenvalue weighted by molar-refractivity contribution is 4.78. The summed E-state index contributed by atoms with van der Waals surface area (Å²) in [6, 6.07) is 0.661. The largest absolute Gasteiger partial charge is 0.316 e. The first-order valence-electron chi connectivity index (χ1n) is 6.82. The van der Waals surface area contributed by atoms with Gasteiger partial charge in [-0.3, -0.25) is 0 Å². The Balaban J connectivity index is 2.16. The van der Waals surface area contributed by atoms with Gasteiger partial charge in [0.15, 0.2) is 0 Å². The predicted molar refractivity (Wildman–Crippen MR) is 71.8 cm³/mol. The maximum absolute atomic E-state index is 3.44. The van der Waals surface area contributed by atoms with Gasteiger partial charge in [0.1, 0.15) is 0 Å². The molecule has 2 heteroatoms. The van der Waals surface area contributed by atoms with Crippen LogP contribution in [0.2, 0.25) is 0 Å². The Labute approximate surface area is 102 Å². The summed E-state index contributed by atoms with van der Waals surface area (Å²) in [6.45, 7) is 13.1. The van der Waals surface area contributed by atoms with Gasteiger partial charge in [0.05, 0.1) is 0 Å². The lowest BCUT2D eigenvalue weighted by Gasteiger charge is -2.35. The first-order chi connectivity index (χ1) is 7.41. The molecule has 0 amide bonds. The van der Waals surface area contributed by atoms with Gasteiger partial charge in [-0.15, -0.1) is 0 Å². The highest BCUT2D eigenvalue weighted by Crippen LogP contribution is 2.23. The van der Waals surface area contributed by atoms with E-state index in [2.05, 4.69) is 45.0 Å². The Morgan fingerprint density at radius 1 is 1.38 bits per heavy atom. The zero-order valence-corrected chi connectivity index (χ0v) is 11.8. The first-order valence-corrected chi connectivity index (χ1v) is 6.82. The minimum Gasteiger partial charge on any atom is -0.316 e. The highest BCUT2D eigenvalue weighted by Gasteiger charge is 2.23. The van der Waals surface area contributed by atoms with Crippen LogP contribution < -0.4 is 5.32 Å². The van der Waals surface area contributed by atoms with Crippen molar-refractivity contribution in [1.29, 1.82) is 0 Å². The summed E-state index contributed by atoms with van der Waals surface area (Å²) in [5, 5.41) is 3.44. The fourth-order valence-corrected chi connectivity index (χ4v) is 2.45. The van der Waals surface area contributed by atoms with Crippen molar-refractivity contribution in [3.8, 4) is 0 Å². The van der Waals surface area contributed by atoms with Gasteiger partial charge >= 0.3 is 0 Å². The van der Waals surface area contributed by atoms with Crippen molar-refractivity contribution in [2.75, 3.05) is 26.7 Å². The van der Waals surface area contributed by atoms with Crippen LogP contribution in [0.25, 0.3) is 0 Å². The Kier molecular flexibility index (Phi) is 5.26. The molecular weight excluding hydrogens is 196 g/mol. The van der Waals surface area contributed by atoms with Gasteiger partial charge in [0, 0.05) is 6.04 Å². The highest BCUT2D eigenvalue weighted by atomic mass is 15.1. The van der Waals surface area contributed by atoms with Gasteiger partial charge in [0.25, 0.3) is 0 Å². The smallest absolute Gasteiger partial charge is 0.0112 e. The summed E-state index contributed by atoms with van der Waals surface area (Å²) in [4.78, 5) is 2.52. The maximum Gasteiger partial charge on any atom is 0.0112 e. The van der Waals surface area contributed by atoms with Crippen LogP contribution in [-0.2, 0) is 0 Å². The molecule has 0 aromatic rings. The lowest BCUT2D eigenvalue weighted by Crippen LogP contribution is -2.39. The molecule has 0 bridgehead atoms. The van der Waals surface area contributed by atoms with Gasteiger partial charge in [-0.25, -0.2) is 0 Å². The van der Waals surface area contributed by atoms with Crippen LogP contribution in [-0.4, -0.2) is 37.6 Å². The van der Waals surface area contributed by atoms with E-state index in [-0.39, 0.29) is 0 Å². The molecule has 2 nitrogen and oxygen atoms in total. The summed E-state index contributed by atoms with van der Waals surface area (Å²) < 4.78 is 0. The molecule has 0 aliphatic carbocycles. The average molecular weight is 226 g/mol. The molecule has 0 aromatic carbocycles. The van der Waals surface area contributed by atoms with E-state index in [0.29, 0.717) is 11.5 Å².